The minimum atomic E-state index is -1.25. The molecule has 22 heavy (non-hydrogen) atoms. The van der Waals surface area contributed by atoms with E-state index < -0.39 is 5.97 Å². The fourth-order valence-electron chi connectivity index (χ4n) is 2.27. The number of carbonyl (C=O) groups is 2. The zero-order valence-electron chi connectivity index (χ0n) is 12.1. The molecule has 114 valence electrons. The lowest BCUT2D eigenvalue weighted by atomic mass is 9.95. The first-order chi connectivity index (χ1) is 10.5. The molecule has 0 radical (unpaired) electrons. The number of carboxylic acids is 1. The van der Waals surface area contributed by atoms with Crippen LogP contribution >= 0.6 is 0 Å². The summed E-state index contributed by atoms with van der Waals surface area (Å²) in [7, 11) is 0. The molecule has 0 aliphatic heterocycles. The molecule has 5 nitrogen and oxygen atoms in total. The Morgan fingerprint density at radius 3 is 2.41 bits per heavy atom. The fraction of sp³-hybridized carbons (Fsp3) is 0.176. The van der Waals surface area contributed by atoms with E-state index in [0.29, 0.717) is 12.1 Å². The van der Waals surface area contributed by atoms with Crippen molar-refractivity contribution in [1.82, 2.24) is 0 Å². The molecular weight excluding hydrogens is 282 g/mol. The van der Waals surface area contributed by atoms with Crippen molar-refractivity contribution in [2.24, 2.45) is 0 Å². The number of carboxylic acid groups (broad SMARTS) is 1. The van der Waals surface area contributed by atoms with Gasteiger partial charge in [0.25, 0.3) is 0 Å². The number of carbonyl (C=O) groups excluding carboxylic acids is 1. The van der Waals surface area contributed by atoms with Gasteiger partial charge < -0.3 is 15.5 Å². The van der Waals surface area contributed by atoms with Crippen molar-refractivity contribution in [2.45, 2.75) is 19.3 Å². The number of aromatic hydroxyl groups is 1. The van der Waals surface area contributed by atoms with Crippen LogP contribution in [0.15, 0.2) is 48.5 Å². The van der Waals surface area contributed by atoms with E-state index >= 15 is 0 Å². The van der Waals surface area contributed by atoms with Crippen LogP contribution in [0.2, 0.25) is 0 Å². The van der Waals surface area contributed by atoms with Crippen molar-refractivity contribution in [3.8, 4) is 5.75 Å². The zero-order valence-corrected chi connectivity index (χ0v) is 12.1. The Morgan fingerprint density at radius 1 is 1.14 bits per heavy atom. The molecule has 1 amide bonds. The van der Waals surface area contributed by atoms with Gasteiger partial charge in [-0.25, -0.2) is 4.79 Å². The van der Waals surface area contributed by atoms with Crippen LogP contribution in [0, 0.1) is 0 Å². The van der Waals surface area contributed by atoms with Crippen molar-refractivity contribution >= 4 is 17.6 Å². The third kappa shape index (κ3) is 3.44. The summed E-state index contributed by atoms with van der Waals surface area (Å²) < 4.78 is 0. The summed E-state index contributed by atoms with van der Waals surface area (Å²) in [5.41, 5.74) is 1.000. The lowest BCUT2D eigenvalue weighted by Crippen LogP contribution is -2.20. The quantitative estimate of drug-likeness (QED) is 0.740. The summed E-state index contributed by atoms with van der Waals surface area (Å²) in [6.07, 6.45) is 0.625. The number of anilines is 1. The van der Waals surface area contributed by atoms with Crippen molar-refractivity contribution in [3.05, 3.63) is 59.7 Å². The minimum Gasteiger partial charge on any atom is -0.507 e. The molecule has 0 saturated heterocycles. The number of nitrogens with one attached hydrogen (secondary N) is 1. The number of rotatable bonds is 5. The van der Waals surface area contributed by atoms with Gasteiger partial charge >= 0.3 is 5.97 Å². The van der Waals surface area contributed by atoms with Crippen LogP contribution in [0.5, 0.6) is 5.75 Å². The Bertz CT molecular complexity index is 682. The van der Waals surface area contributed by atoms with E-state index in [2.05, 4.69) is 5.32 Å². The van der Waals surface area contributed by atoms with Crippen LogP contribution in [0.25, 0.3) is 0 Å². The van der Waals surface area contributed by atoms with Gasteiger partial charge in [0.05, 0.1) is 5.92 Å². The smallest absolute Gasteiger partial charge is 0.339 e. The van der Waals surface area contributed by atoms with Crippen molar-refractivity contribution in [2.75, 3.05) is 5.32 Å². The number of hydrogen-bond acceptors (Lipinski definition) is 3. The fourth-order valence-corrected chi connectivity index (χ4v) is 2.27. The van der Waals surface area contributed by atoms with Crippen molar-refractivity contribution in [3.63, 3.8) is 0 Å². The van der Waals surface area contributed by atoms with E-state index in [4.69, 9.17) is 5.11 Å². The van der Waals surface area contributed by atoms with Crippen LogP contribution in [0.3, 0.4) is 0 Å². The monoisotopic (exact) mass is 299 g/mol. The minimum absolute atomic E-state index is 0.212. The Labute approximate surface area is 128 Å². The summed E-state index contributed by atoms with van der Waals surface area (Å²) in [6.45, 7) is 1.91. The Kier molecular flexibility index (Phi) is 4.78. The highest BCUT2D eigenvalue weighted by molar-refractivity contribution is 5.98. The average molecular weight is 299 g/mol. The van der Waals surface area contributed by atoms with Gasteiger partial charge in [0.2, 0.25) is 5.91 Å². The molecule has 5 heteroatoms. The highest BCUT2D eigenvalue weighted by atomic mass is 16.4. The summed E-state index contributed by atoms with van der Waals surface area (Å²) >= 11 is 0. The predicted molar refractivity (Wildman–Crippen MR) is 83.2 cm³/mol. The molecule has 2 aromatic carbocycles. The lowest BCUT2D eigenvalue weighted by molar-refractivity contribution is -0.117. The molecule has 0 aliphatic rings. The van der Waals surface area contributed by atoms with Crippen molar-refractivity contribution in [1.29, 1.82) is 0 Å². The van der Waals surface area contributed by atoms with Crippen LogP contribution in [-0.4, -0.2) is 22.1 Å². The molecule has 2 aromatic rings. The normalized spacial score (nSPS) is 11.7. The highest BCUT2D eigenvalue weighted by Crippen LogP contribution is 2.24. The first-order valence-electron chi connectivity index (χ1n) is 6.95. The number of aromatic carboxylic acids is 1. The largest absolute Gasteiger partial charge is 0.507 e. The van der Waals surface area contributed by atoms with Gasteiger partial charge in [0.1, 0.15) is 11.3 Å². The molecule has 0 saturated carbocycles. The van der Waals surface area contributed by atoms with Gasteiger partial charge in [0, 0.05) is 5.69 Å². The van der Waals surface area contributed by atoms with Gasteiger partial charge in [-0.2, -0.15) is 0 Å². The zero-order chi connectivity index (χ0) is 16.1. The summed E-state index contributed by atoms with van der Waals surface area (Å²) in [5, 5.41) is 21.2. The summed E-state index contributed by atoms with van der Waals surface area (Å²) in [6, 6.07) is 13.4. The molecule has 0 heterocycles. The lowest BCUT2D eigenvalue weighted by Gasteiger charge is -2.15. The standard InChI is InChI=1S/C17H17NO4/c1-2-13(11-6-4-3-5-7-11)16(20)18-12-8-9-15(19)14(10-12)17(21)22/h3-10,13,19H,2H2,1H3,(H,18,20)(H,21,22)/t13-/m1/s1. The van der Waals surface area contributed by atoms with E-state index in [1.165, 1.54) is 18.2 Å². The number of amides is 1. The van der Waals surface area contributed by atoms with Gasteiger partial charge in [-0.1, -0.05) is 37.3 Å². The number of phenols is 1. The van der Waals surface area contributed by atoms with Crippen LogP contribution in [-0.2, 0) is 4.79 Å². The Hall–Kier alpha value is -2.82. The van der Waals surface area contributed by atoms with E-state index in [9.17, 15) is 14.7 Å². The molecule has 0 bridgehead atoms. The molecule has 2 rings (SSSR count). The van der Waals surface area contributed by atoms with Crippen LogP contribution in [0.4, 0.5) is 5.69 Å². The SMILES string of the molecule is CC[C@@H](C(=O)Nc1ccc(O)c(C(=O)O)c1)c1ccccc1. The predicted octanol–water partition coefficient (Wildman–Crippen LogP) is 3.22. The van der Waals surface area contributed by atoms with Crippen LogP contribution < -0.4 is 5.32 Å². The topological polar surface area (TPSA) is 86.6 Å². The second-order valence-corrected chi connectivity index (χ2v) is 4.90. The van der Waals surface area contributed by atoms with E-state index in [1.807, 2.05) is 37.3 Å². The van der Waals surface area contributed by atoms with E-state index in [-0.39, 0.29) is 23.1 Å². The number of benzene rings is 2. The first-order valence-corrected chi connectivity index (χ1v) is 6.95. The molecule has 0 fully saturated rings. The van der Waals surface area contributed by atoms with E-state index in [1.54, 1.807) is 0 Å². The third-order valence-electron chi connectivity index (χ3n) is 3.42. The second kappa shape index (κ2) is 6.76. The van der Waals surface area contributed by atoms with Gasteiger partial charge in [-0.3, -0.25) is 4.79 Å². The average Bonchev–Trinajstić information content (AvgIpc) is 2.51. The molecule has 3 N–H and O–H groups in total. The second-order valence-electron chi connectivity index (χ2n) is 4.90. The summed E-state index contributed by atoms with van der Waals surface area (Å²) in [4.78, 5) is 23.4. The number of hydrogen-bond donors (Lipinski definition) is 3. The molecule has 0 aromatic heterocycles. The third-order valence-corrected chi connectivity index (χ3v) is 3.42. The molecule has 0 unspecified atom stereocenters. The molecule has 1 atom stereocenters. The molecule has 0 aliphatic carbocycles. The Balaban J connectivity index is 2.21. The van der Waals surface area contributed by atoms with E-state index in [0.717, 1.165) is 5.56 Å². The maximum atomic E-state index is 12.4. The van der Waals surface area contributed by atoms with Gasteiger partial charge in [0.15, 0.2) is 0 Å². The van der Waals surface area contributed by atoms with Crippen molar-refractivity contribution < 1.29 is 19.8 Å². The molecular formula is C17H17NO4. The maximum Gasteiger partial charge on any atom is 0.339 e. The highest BCUT2D eigenvalue weighted by Gasteiger charge is 2.19. The van der Waals surface area contributed by atoms with Crippen LogP contribution in [0.1, 0.15) is 35.2 Å². The molecule has 0 spiro atoms. The van der Waals surface area contributed by atoms with Gasteiger partial charge in [-0.15, -0.1) is 0 Å². The maximum absolute atomic E-state index is 12.4. The Morgan fingerprint density at radius 2 is 1.82 bits per heavy atom. The van der Waals surface area contributed by atoms with Gasteiger partial charge in [-0.05, 0) is 30.2 Å². The summed E-state index contributed by atoms with van der Waals surface area (Å²) in [5.74, 6) is -2.11. The first kappa shape index (κ1) is 15.6.